The normalized spacial score (nSPS) is 19.4. The van der Waals surface area contributed by atoms with Crippen LogP contribution in [0.3, 0.4) is 0 Å². The first kappa shape index (κ1) is 13.3. The quantitative estimate of drug-likeness (QED) is 0.921. The van der Waals surface area contributed by atoms with Crippen LogP contribution in [0.2, 0.25) is 0 Å². The van der Waals surface area contributed by atoms with E-state index in [9.17, 15) is 0 Å². The predicted octanol–water partition coefficient (Wildman–Crippen LogP) is 3.67. The highest BCUT2D eigenvalue weighted by molar-refractivity contribution is 5.93. The van der Waals surface area contributed by atoms with E-state index >= 15 is 0 Å². The van der Waals surface area contributed by atoms with Crippen molar-refractivity contribution in [1.82, 2.24) is 9.88 Å². The molecule has 0 spiro atoms. The lowest BCUT2D eigenvalue weighted by molar-refractivity contribution is 0.278. The van der Waals surface area contributed by atoms with Crippen LogP contribution in [0, 0.1) is 0 Å². The number of nitrogens with zero attached hydrogens (tertiary/aromatic N) is 1. The third-order valence-corrected chi connectivity index (χ3v) is 4.35. The van der Waals surface area contributed by atoms with Gasteiger partial charge in [0.1, 0.15) is 5.75 Å². The lowest BCUT2D eigenvalue weighted by Gasteiger charge is -2.27. The van der Waals surface area contributed by atoms with Crippen molar-refractivity contribution in [3.05, 3.63) is 36.0 Å². The van der Waals surface area contributed by atoms with Crippen molar-refractivity contribution in [3.8, 4) is 5.75 Å². The third kappa shape index (κ3) is 2.34. The Bertz CT molecular complexity index is 639. The molecule has 0 bridgehead atoms. The molecular formula is C17H22N2O. The van der Waals surface area contributed by atoms with E-state index < -0.39 is 0 Å². The molecule has 1 unspecified atom stereocenters. The summed E-state index contributed by atoms with van der Waals surface area (Å²) in [6, 6.07) is 6.89. The summed E-state index contributed by atoms with van der Waals surface area (Å²) in [5.74, 6) is 0.918. The average Bonchev–Trinajstić information content (AvgIpc) is 2.90. The maximum absolute atomic E-state index is 5.34. The van der Waals surface area contributed by atoms with Crippen molar-refractivity contribution in [2.24, 2.45) is 0 Å². The highest BCUT2D eigenvalue weighted by atomic mass is 16.5. The van der Waals surface area contributed by atoms with E-state index in [-0.39, 0.29) is 0 Å². The van der Waals surface area contributed by atoms with Gasteiger partial charge in [0.25, 0.3) is 0 Å². The van der Waals surface area contributed by atoms with Gasteiger partial charge in [-0.25, -0.2) is 0 Å². The van der Waals surface area contributed by atoms with Crippen molar-refractivity contribution in [1.29, 1.82) is 0 Å². The molecule has 1 atom stereocenters. The number of rotatable bonds is 3. The first-order valence-corrected chi connectivity index (χ1v) is 7.20. The Morgan fingerprint density at radius 1 is 1.30 bits per heavy atom. The number of hydrogen-bond acceptors (Lipinski definition) is 2. The fourth-order valence-electron chi connectivity index (χ4n) is 3.03. The summed E-state index contributed by atoms with van der Waals surface area (Å²) in [5, 5.41) is 1.26. The second-order valence-corrected chi connectivity index (χ2v) is 5.74. The van der Waals surface area contributed by atoms with Gasteiger partial charge in [-0.3, -0.25) is 0 Å². The predicted molar refractivity (Wildman–Crippen MR) is 84.2 cm³/mol. The summed E-state index contributed by atoms with van der Waals surface area (Å²) in [4.78, 5) is 5.69. The van der Waals surface area contributed by atoms with Gasteiger partial charge >= 0.3 is 0 Å². The lowest BCUT2D eigenvalue weighted by atomic mass is 9.90. The minimum Gasteiger partial charge on any atom is -0.497 e. The Labute approximate surface area is 120 Å². The number of benzene rings is 1. The number of hydrogen-bond donors (Lipinski definition) is 1. The smallest absolute Gasteiger partial charge is 0.119 e. The van der Waals surface area contributed by atoms with E-state index in [2.05, 4.69) is 48.4 Å². The molecule has 0 saturated carbocycles. The molecule has 0 saturated heterocycles. The second kappa shape index (κ2) is 5.33. The van der Waals surface area contributed by atoms with Crippen molar-refractivity contribution < 1.29 is 4.74 Å². The second-order valence-electron chi connectivity index (χ2n) is 5.74. The number of aromatic amines is 1. The monoisotopic (exact) mass is 270 g/mol. The van der Waals surface area contributed by atoms with Gasteiger partial charge in [0.05, 0.1) is 7.11 Å². The number of H-pyrrole nitrogens is 1. The minimum absolute atomic E-state index is 0.679. The van der Waals surface area contributed by atoms with Crippen molar-refractivity contribution in [3.63, 3.8) is 0 Å². The van der Waals surface area contributed by atoms with Gasteiger partial charge in [0.15, 0.2) is 0 Å². The van der Waals surface area contributed by atoms with Crippen LogP contribution in [-0.4, -0.2) is 37.1 Å². The number of nitrogens with one attached hydrogen (secondary N) is 1. The summed E-state index contributed by atoms with van der Waals surface area (Å²) in [6.07, 6.45) is 8.05. The molecule has 20 heavy (non-hydrogen) atoms. The molecule has 2 aromatic rings. The zero-order valence-electron chi connectivity index (χ0n) is 12.4. The number of fused-ring (bicyclic) bond motifs is 1. The first-order valence-electron chi connectivity index (χ1n) is 7.20. The molecule has 0 aliphatic heterocycles. The zero-order chi connectivity index (χ0) is 14.1. The molecule has 1 heterocycles. The summed E-state index contributed by atoms with van der Waals surface area (Å²) >= 11 is 0. The van der Waals surface area contributed by atoms with E-state index in [4.69, 9.17) is 4.74 Å². The Morgan fingerprint density at radius 2 is 2.15 bits per heavy atom. The number of allylic oxidation sites excluding steroid dienone is 1. The van der Waals surface area contributed by atoms with E-state index in [0.29, 0.717) is 6.04 Å². The van der Waals surface area contributed by atoms with Crippen LogP contribution in [0.4, 0.5) is 0 Å². The molecule has 0 fully saturated rings. The third-order valence-electron chi connectivity index (χ3n) is 4.35. The van der Waals surface area contributed by atoms with Crippen molar-refractivity contribution in [2.75, 3.05) is 21.2 Å². The Morgan fingerprint density at radius 3 is 2.80 bits per heavy atom. The van der Waals surface area contributed by atoms with Gasteiger partial charge in [0, 0.05) is 28.7 Å². The number of methoxy groups -OCH3 is 1. The Kier molecular flexibility index (Phi) is 3.53. The summed E-state index contributed by atoms with van der Waals surface area (Å²) < 4.78 is 5.34. The summed E-state index contributed by atoms with van der Waals surface area (Å²) in [5.41, 5.74) is 3.97. The Hall–Kier alpha value is -1.74. The Balaban J connectivity index is 1.95. The van der Waals surface area contributed by atoms with Gasteiger partial charge in [-0.15, -0.1) is 0 Å². The molecule has 3 rings (SSSR count). The van der Waals surface area contributed by atoms with Crippen LogP contribution >= 0.6 is 0 Å². The van der Waals surface area contributed by atoms with Crippen LogP contribution in [0.5, 0.6) is 5.75 Å². The zero-order valence-corrected chi connectivity index (χ0v) is 12.4. The highest BCUT2D eigenvalue weighted by Crippen LogP contribution is 2.34. The fourth-order valence-corrected chi connectivity index (χ4v) is 3.03. The molecule has 1 aliphatic rings. The standard InChI is InChI=1S/C17H22N2O/c1-19(2)13-6-4-12(5-7-13)16-11-18-17-9-8-14(20-3)10-15(16)17/h4,8-11,13,18H,5-7H2,1-3H3. The topological polar surface area (TPSA) is 28.3 Å². The molecule has 1 aromatic heterocycles. The molecule has 3 heteroatoms. The van der Waals surface area contributed by atoms with Gasteiger partial charge in [-0.2, -0.15) is 0 Å². The summed E-state index contributed by atoms with van der Waals surface area (Å²) in [7, 11) is 6.05. The highest BCUT2D eigenvalue weighted by Gasteiger charge is 2.18. The van der Waals surface area contributed by atoms with Gasteiger partial charge < -0.3 is 14.6 Å². The molecule has 0 radical (unpaired) electrons. The minimum atomic E-state index is 0.679. The average molecular weight is 270 g/mol. The van der Waals surface area contributed by atoms with Crippen molar-refractivity contribution in [2.45, 2.75) is 25.3 Å². The van der Waals surface area contributed by atoms with Crippen LogP contribution in [0.15, 0.2) is 30.5 Å². The van der Waals surface area contributed by atoms with Crippen LogP contribution in [0.1, 0.15) is 24.8 Å². The largest absolute Gasteiger partial charge is 0.497 e. The lowest BCUT2D eigenvalue weighted by Crippen LogP contribution is -2.28. The van der Waals surface area contributed by atoms with Crippen molar-refractivity contribution >= 4 is 16.5 Å². The maximum atomic E-state index is 5.34. The van der Waals surface area contributed by atoms with Gasteiger partial charge in [-0.1, -0.05) is 6.08 Å². The van der Waals surface area contributed by atoms with Gasteiger partial charge in [-0.05, 0) is 57.1 Å². The SMILES string of the molecule is COc1ccc2[nH]cc(C3=CCC(N(C)C)CC3)c2c1. The maximum Gasteiger partial charge on any atom is 0.119 e. The molecule has 1 aromatic carbocycles. The fraction of sp³-hybridized carbons (Fsp3) is 0.412. The van der Waals surface area contributed by atoms with E-state index in [1.54, 1.807) is 7.11 Å². The molecule has 1 aliphatic carbocycles. The van der Waals surface area contributed by atoms with Crippen LogP contribution in [-0.2, 0) is 0 Å². The molecule has 1 N–H and O–H groups in total. The van der Waals surface area contributed by atoms with Crippen LogP contribution in [0.25, 0.3) is 16.5 Å². The molecule has 3 nitrogen and oxygen atoms in total. The van der Waals surface area contributed by atoms with Gasteiger partial charge in [0.2, 0.25) is 0 Å². The van der Waals surface area contributed by atoms with E-state index in [1.165, 1.54) is 28.5 Å². The number of ether oxygens (including phenoxy) is 1. The first-order chi connectivity index (χ1) is 9.69. The van der Waals surface area contributed by atoms with E-state index in [0.717, 1.165) is 18.6 Å². The summed E-state index contributed by atoms with van der Waals surface area (Å²) in [6.45, 7) is 0. The molecular weight excluding hydrogens is 248 g/mol. The molecule has 0 amide bonds. The van der Waals surface area contributed by atoms with E-state index in [1.807, 2.05) is 6.07 Å². The van der Waals surface area contributed by atoms with Crippen LogP contribution < -0.4 is 4.74 Å². The number of aromatic nitrogens is 1. The molecule has 106 valence electrons.